The number of halogens is 4. The number of nitrogens with zero attached hydrogens (tertiary/aromatic N) is 11. The smallest absolute Gasteiger partial charge is 0.332 e. The number of aryl methyl sites for hydroxylation is 1. The number of nitrogen functional groups attached to an aromatic ring is 1. The lowest BCUT2D eigenvalue weighted by atomic mass is 10.1. The highest BCUT2D eigenvalue weighted by Crippen LogP contribution is 2.44. The van der Waals surface area contributed by atoms with Crippen molar-refractivity contribution in [2.45, 2.75) is 35.7 Å². The SMILES string of the molecule is Brc1ccc2ncc3c(c2c1)OCCN3.Cn1cc(-c2ccc3nnc(Sc4ccc5ncc6c(c5c4)OCCN6C(=O)C4CC4)n3c2)cn1.Nc1c[nH]c2ccc(Br)cc2c1=O.O=C(C1CC1)N1CCOc2c1cnc1ccc(Br)cc21.O=c1c([N+](=O)[O-])c[nH]c2ccc(Br)cc12. The third-order valence-electron chi connectivity index (χ3n) is 16.6. The van der Waals surface area contributed by atoms with E-state index in [1.807, 2.05) is 119 Å². The first-order chi connectivity index (χ1) is 47.5. The van der Waals surface area contributed by atoms with Gasteiger partial charge >= 0.3 is 5.69 Å². The molecule has 0 bridgehead atoms. The number of anilines is 4. The highest BCUT2D eigenvalue weighted by Gasteiger charge is 2.38. The van der Waals surface area contributed by atoms with E-state index < -0.39 is 16.0 Å². The zero-order valence-corrected chi connectivity index (χ0v) is 58.9. The van der Waals surface area contributed by atoms with Crippen LogP contribution in [-0.2, 0) is 16.6 Å². The zero-order valence-electron chi connectivity index (χ0n) is 51.8. The first-order valence-electron chi connectivity index (χ1n) is 30.9. The maximum Gasteiger partial charge on any atom is 0.332 e. The van der Waals surface area contributed by atoms with Crippen molar-refractivity contribution in [3.05, 3.63) is 201 Å². The summed E-state index contributed by atoms with van der Waals surface area (Å²) in [6.07, 6.45) is 17.8. The molecule has 0 radical (unpaired) electrons. The van der Waals surface area contributed by atoms with Crippen LogP contribution in [0.3, 0.4) is 0 Å². The molecule has 2 fully saturated rings. The van der Waals surface area contributed by atoms with Crippen LogP contribution in [-0.4, -0.2) is 105 Å². The number of aromatic amines is 2. The van der Waals surface area contributed by atoms with Crippen molar-refractivity contribution in [2.24, 2.45) is 18.9 Å². The molecular weight excluding hydrogens is 1530 g/mol. The molecule has 2 saturated carbocycles. The standard InChI is InChI=1S/C25H21N7O2S.C15H13BrN2O2.C11H9BrN2O.C9H5BrN2O3.C9H7BrN2O/c1-30-13-17(11-27-30)16-4-7-22-28-29-25(32(22)14-16)35-18-5-6-20-19(10-18)23-21(12-26-20)31(8-9-34-23)24(33)15-2-3-15;16-10-3-4-12-11(7-10)14-13(8-17-12)18(5-6-20-14)15(19)9-1-2-9;12-7-1-2-9-8(5-7)11-10(6-14-9)13-3-4-15-11;10-5-1-2-7-6(3-5)9(13)8(4-11-7)12(14)15;10-5-1-2-8-6(3-5)9(13)7(11)4-12-8/h4-7,10-15H,2-3,8-9H2,1H3;3-4,7-9H,1-2,5-6H2;1-2,5-6,13H,3-4H2;1-4H,(H,11,13);1-4H,11H2,(H,12,13). The van der Waals surface area contributed by atoms with Crippen molar-refractivity contribution in [1.29, 1.82) is 0 Å². The van der Waals surface area contributed by atoms with Crippen molar-refractivity contribution in [1.82, 2.24) is 49.3 Å². The van der Waals surface area contributed by atoms with Gasteiger partial charge in [0.1, 0.15) is 31.2 Å². The molecular formula is C69H55Br4N15O9S. The molecule has 5 N–H and O–H groups in total. The Bertz CT molecular complexity index is 5470. The minimum atomic E-state index is -0.695. The van der Waals surface area contributed by atoms with Gasteiger partial charge in [0.2, 0.25) is 17.2 Å². The molecule has 5 aromatic carbocycles. The summed E-state index contributed by atoms with van der Waals surface area (Å²) in [4.78, 5) is 81.9. The number of rotatable bonds is 6. The van der Waals surface area contributed by atoms with E-state index in [0.717, 1.165) is 151 Å². The number of benzene rings is 5. The van der Waals surface area contributed by atoms with E-state index in [4.69, 9.17) is 19.9 Å². The first-order valence-corrected chi connectivity index (χ1v) is 34.9. The molecule has 5 aliphatic rings. The van der Waals surface area contributed by atoms with Gasteiger partial charge in [0.05, 0.1) is 82.3 Å². The molecule has 494 valence electrons. The van der Waals surface area contributed by atoms with Gasteiger partial charge in [-0.2, -0.15) is 5.10 Å². The molecule has 0 spiro atoms. The van der Waals surface area contributed by atoms with Gasteiger partial charge < -0.3 is 45.0 Å². The second-order valence-corrected chi connectivity index (χ2v) is 28.0. The summed E-state index contributed by atoms with van der Waals surface area (Å²) in [5.41, 5.74) is 14.0. The van der Waals surface area contributed by atoms with Gasteiger partial charge in [-0.25, -0.2) is 0 Å². The van der Waals surface area contributed by atoms with Gasteiger partial charge in [-0.3, -0.25) is 53.3 Å². The normalized spacial score (nSPS) is 14.3. The summed E-state index contributed by atoms with van der Waals surface area (Å²) < 4.78 is 24.9. The van der Waals surface area contributed by atoms with Crippen LogP contribution in [0.25, 0.3) is 71.3 Å². The topological polar surface area (TPSA) is 302 Å². The zero-order chi connectivity index (χ0) is 67.9. The number of nitrogens with one attached hydrogen (secondary N) is 3. The van der Waals surface area contributed by atoms with Gasteiger partial charge in [0.25, 0.3) is 5.43 Å². The average molecular weight is 1590 g/mol. The van der Waals surface area contributed by atoms with Crippen LogP contribution >= 0.6 is 75.5 Å². The molecule has 98 heavy (non-hydrogen) atoms. The first kappa shape index (κ1) is 65.5. The number of fused-ring (bicyclic) bond motifs is 12. The fourth-order valence-corrected chi connectivity index (χ4v) is 13.7. The quantitative estimate of drug-likeness (QED) is 0.0888. The second kappa shape index (κ2) is 28.0. The molecule has 8 aromatic heterocycles. The van der Waals surface area contributed by atoms with Gasteiger partial charge in [-0.1, -0.05) is 63.7 Å². The van der Waals surface area contributed by atoms with Gasteiger partial charge in [-0.15, -0.1) is 10.2 Å². The predicted octanol–water partition coefficient (Wildman–Crippen LogP) is 14.0. The van der Waals surface area contributed by atoms with E-state index in [1.165, 1.54) is 18.0 Å². The highest BCUT2D eigenvalue weighted by molar-refractivity contribution is 9.11. The van der Waals surface area contributed by atoms with Crippen LogP contribution in [0.15, 0.2) is 190 Å². The van der Waals surface area contributed by atoms with E-state index in [2.05, 4.69) is 115 Å². The third kappa shape index (κ3) is 13.9. The third-order valence-corrected chi connectivity index (χ3v) is 19.5. The Labute approximate surface area is 594 Å². The number of carbonyl (C=O) groups excluding carboxylic acids is 2. The average Bonchev–Trinajstić information content (AvgIpc) is 1.23. The van der Waals surface area contributed by atoms with E-state index >= 15 is 0 Å². The van der Waals surface area contributed by atoms with Crippen LogP contribution < -0.4 is 45.9 Å². The number of nitrogens with two attached hydrogens (primary N) is 1. The summed E-state index contributed by atoms with van der Waals surface area (Å²) in [6, 6.07) is 32.4. The summed E-state index contributed by atoms with van der Waals surface area (Å²) >= 11 is 15.0. The molecule has 11 heterocycles. The number of hydrogen-bond acceptors (Lipinski definition) is 18. The second-order valence-electron chi connectivity index (χ2n) is 23.3. The molecule has 3 aliphatic heterocycles. The molecule has 18 rings (SSSR count). The van der Waals surface area contributed by atoms with Crippen LogP contribution in [0.2, 0.25) is 0 Å². The molecule has 29 heteroatoms. The Balaban J connectivity index is 0.000000112. The van der Waals surface area contributed by atoms with Crippen molar-refractivity contribution in [3.8, 4) is 28.4 Å². The molecule has 2 aliphatic carbocycles. The minimum absolute atomic E-state index is 0.130. The van der Waals surface area contributed by atoms with E-state index in [1.54, 1.807) is 41.3 Å². The number of nitro groups is 1. The van der Waals surface area contributed by atoms with E-state index in [0.29, 0.717) is 53.7 Å². The fourth-order valence-electron chi connectivity index (χ4n) is 11.4. The lowest BCUT2D eigenvalue weighted by molar-refractivity contribution is -0.386. The Morgan fingerprint density at radius 2 is 1.13 bits per heavy atom. The number of pyridine rings is 6. The molecule has 2 amide bonds. The lowest BCUT2D eigenvalue weighted by Gasteiger charge is -2.30. The maximum atomic E-state index is 12.8. The van der Waals surface area contributed by atoms with E-state index in [9.17, 15) is 29.3 Å². The van der Waals surface area contributed by atoms with Crippen LogP contribution in [0.4, 0.5) is 28.4 Å². The molecule has 24 nitrogen and oxygen atoms in total. The summed E-state index contributed by atoms with van der Waals surface area (Å²) in [5, 5.41) is 31.4. The number of hydrogen-bond donors (Lipinski definition) is 4. The minimum Gasteiger partial charge on any atom is -0.489 e. The molecule has 0 atom stereocenters. The molecule has 0 unspecified atom stereocenters. The van der Waals surface area contributed by atoms with Crippen molar-refractivity contribution in [3.63, 3.8) is 0 Å². The van der Waals surface area contributed by atoms with Gasteiger partial charge in [0, 0.05) is 111 Å². The number of aromatic nitrogens is 10. The Morgan fingerprint density at radius 1 is 0.602 bits per heavy atom. The number of H-pyrrole nitrogens is 2. The van der Waals surface area contributed by atoms with Crippen molar-refractivity contribution in [2.75, 3.05) is 60.3 Å². The van der Waals surface area contributed by atoms with Crippen LogP contribution in [0.5, 0.6) is 17.2 Å². The monoisotopic (exact) mass is 1590 g/mol. The van der Waals surface area contributed by atoms with Crippen LogP contribution in [0.1, 0.15) is 25.7 Å². The van der Waals surface area contributed by atoms with Gasteiger partial charge in [-0.05, 0) is 141 Å². The van der Waals surface area contributed by atoms with E-state index in [-0.39, 0.29) is 34.8 Å². The Kier molecular flexibility index (Phi) is 18.7. The van der Waals surface area contributed by atoms with Crippen molar-refractivity contribution < 1.29 is 28.7 Å². The molecule has 13 aromatic rings. The summed E-state index contributed by atoms with van der Waals surface area (Å²) in [6.45, 7) is 3.75. The Morgan fingerprint density at radius 3 is 1.71 bits per heavy atom. The van der Waals surface area contributed by atoms with Crippen LogP contribution in [0, 0.1) is 22.0 Å². The summed E-state index contributed by atoms with van der Waals surface area (Å²) in [7, 11) is 1.90. The number of ether oxygens (including phenoxy) is 3. The predicted molar refractivity (Wildman–Crippen MR) is 391 cm³/mol. The number of amides is 2. The fraction of sp³-hybridized carbons (Fsp3) is 0.188. The van der Waals surface area contributed by atoms with Crippen molar-refractivity contribution >= 4 is 176 Å². The maximum absolute atomic E-state index is 12.8. The molecule has 0 saturated heterocycles. The highest BCUT2D eigenvalue weighted by atomic mass is 79.9. The number of carbonyl (C=O) groups is 2. The van der Waals surface area contributed by atoms with Gasteiger partial charge in [0.15, 0.2) is 28.1 Å². The summed E-state index contributed by atoms with van der Waals surface area (Å²) in [5.74, 6) is 3.16. The lowest BCUT2D eigenvalue weighted by Crippen LogP contribution is -2.39. The largest absolute Gasteiger partial charge is 0.489 e. The Hall–Kier alpha value is -9.81.